The van der Waals surface area contributed by atoms with Crippen LogP contribution in [-0.4, -0.2) is 19.8 Å². The smallest absolute Gasteiger partial charge is 0.175 e. The predicted octanol–water partition coefficient (Wildman–Crippen LogP) is 2.86. The van der Waals surface area contributed by atoms with Gasteiger partial charge >= 0.3 is 0 Å². The number of nitrogens with one attached hydrogen (secondary N) is 1. The fourth-order valence-corrected chi connectivity index (χ4v) is 2.56. The summed E-state index contributed by atoms with van der Waals surface area (Å²) in [5.74, 6) is -0.442. The summed E-state index contributed by atoms with van der Waals surface area (Å²) in [5, 5.41) is 12.5. The number of aromatic hydroxyl groups is 1. The molecule has 0 heterocycles. The SMILES string of the molecule is Cc1ccc(O)c(CNc2cc(S(C)(=O)=O)ccc2F)c1. The van der Waals surface area contributed by atoms with Crippen molar-refractivity contribution in [1.29, 1.82) is 0 Å². The number of hydrogen-bond donors (Lipinski definition) is 2. The van der Waals surface area contributed by atoms with Gasteiger partial charge in [-0.05, 0) is 31.2 Å². The Morgan fingerprint density at radius 1 is 1.19 bits per heavy atom. The first-order chi connectivity index (χ1) is 9.77. The quantitative estimate of drug-likeness (QED) is 0.852. The zero-order valence-electron chi connectivity index (χ0n) is 11.7. The van der Waals surface area contributed by atoms with Gasteiger partial charge in [0.05, 0.1) is 10.6 Å². The van der Waals surface area contributed by atoms with Gasteiger partial charge in [0.25, 0.3) is 0 Å². The minimum absolute atomic E-state index is 0.0415. The molecule has 0 saturated carbocycles. The molecular formula is C15H16FNO3S. The molecule has 4 nitrogen and oxygen atoms in total. The van der Waals surface area contributed by atoms with Crippen LogP contribution in [0.2, 0.25) is 0 Å². The molecule has 0 fully saturated rings. The van der Waals surface area contributed by atoms with Gasteiger partial charge in [-0.15, -0.1) is 0 Å². The largest absolute Gasteiger partial charge is 0.508 e. The van der Waals surface area contributed by atoms with Gasteiger partial charge in [-0.2, -0.15) is 0 Å². The molecule has 0 atom stereocenters. The Labute approximate surface area is 123 Å². The summed E-state index contributed by atoms with van der Waals surface area (Å²) >= 11 is 0. The van der Waals surface area contributed by atoms with Crippen molar-refractivity contribution in [3.05, 3.63) is 53.3 Å². The standard InChI is InChI=1S/C15H16FNO3S/c1-10-3-6-15(18)11(7-10)9-17-14-8-12(21(2,19)20)4-5-13(14)16/h3-8,17-18H,9H2,1-2H3. The molecule has 0 aromatic heterocycles. The third-order valence-corrected chi connectivity index (χ3v) is 4.18. The normalized spacial score (nSPS) is 11.4. The minimum atomic E-state index is -3.40. The van der Waals surface area contributed by atoms with E-state index in [0.717, 1.165) is 17.9 Å². The van der Waals surface area contributed by atoms with Crippen molar-refractivity contribution in [2.75, 3.05) is 11.6 Å². The summed E-state index contributed by atoms with van der Waals surface area (Å²) in [4.78, 5) is 0.0415. The van der Waals surface area contributed by atoms with Gasteiger partial charge < -0.3 is 10.4 Å². The van der Waals surface area contributed by atoms with E-state index in [4.69, 9.17) is 0 Å². The lowest BCUT2D eigenvalue weighted by Gasteiger charge is -2.11. The fourth-order valence-electron chi connectivity index (χ4n) is 1.92. The highest BCUT2D eigenvalue weighted by molar-refractivity contribution is 7.90. The Hall–Kier alpha value is -2.08. The molecule has 0 aliphatic carbocycles. The van der Waals surface area contributed by atoms with Crippen molar-refractivity contribution in [2.24, 2.45) is 0 Å². The van der Waals surface area contributed by atoms with Crippen LogP contribution < -0.4 is 5.32 Å². The van der Waals surface area contributed by atoms with E-state index < -0.39 is 15.7 Å². The van der Waals surface area contributed by atoms with E-state index in [-0.39, 0.29) is 22.9 Å². The fraction of sp³-hybridized carbons (Fsp3) is 0.200. The number of anilines is 1. The van der Waals surface area contributed by atoms with Gasteiger partial charge in [-0.1, -0.05) is 17.7 Å². The van der Waals surface area contributed by atoms with Crippen molar-refractivity contribution in [2.45, 2.75) is 18.4 Å². The summed E-state index contributed by atoms with van der Waals surface area (Å²) in [6, 6.07) is 8.69. The molecule has 0 aliphatic heterocycles. The van der Waals surface area contributed by atoms with Gasteiger partial charge in [-0.25, -0.2) is 12.8 Å². The molecule has 0 amide bonds. The van der Waals surface area contributed by atoms with Crippen LogP contribution in [0, 0.1) is 12.7 Å². The van der Waals surface area contributed by atoms with Crippen LogP contribution in [-0.2, 0) is 16.4 Å². The molecule has 0 bridgehead atoms. The lowest BCUT2D eigenvalue weighted by molar-refractivity contribution is 0.469. The lowest BCUT2D eigenvalue weighted by Crippen LogP contribution is -2.04. The third kappa shape index (κ3) is 3.72. The first-order valence-corrected chi connectivity index (χ1v) is 8.18. The van der Waals surface area contributed by atoms with Crippen LogP contribution in [0.4, 0.5) is 10.1 Å². The Balaban J connectivity index is 2.26. The van der Waals surface area contributed by atoms with Crippen molar-refractivity contribution in [3.63, 3.8) is 0 Å². The van der Waals surface area contributed by atoms with Gasteiger partial charge in [0, 0.05) is 18.4 Å². The number of phenolic OH excluding ortho intramolecular Hbond substituents is 1. The van der Waals surface area contributed by atoms with Crippen LogP contribution in [0.25, 0.3) is 0 Å². The molecule has 2 aromatic carbocycles. The Kier molecular flexibility index (Phi) is 4.18. The van der Waals surface area contributed by atoms with E-state index in [1.807, 2.05) is 6.92 Å². The second-order valence-electron chi connectivity index (χ2n) is 4.90. The lowest BCUT2D eigenvalue weighted by atomic mass is 10.1. The molecule has 112 valence electrons. The van der Waals surface area contributed by atoms with E-state index in [0.29, 0.717) is 5.56 Å². The van der Waals surface area contributed by atoms with E-state index >= 15 is 0 Å². The molecule has 0 spiro atoms. The summed E-state index contributed by atoms with van der Waals surface area (Å²) in [6.45, 7) is 2.07. The minimum Gasteiger partial charge on any atom is -0.508 e. The summed E-state index contributed by atoms with van der Waals surface area (Å²) in [6.07, 6.45) is 1.07. The Bertz CT molecular complexity index is 772. The van der Waals surface area contributed by atoms with Crippen molar-refractivity contribution in [1.82, 2.24) is 0 Å². The zero-order chi connectivity index (χ0) is 15.6. The van der Waals surface area contributed by atoms with Crippen molar-refractivity contribution >= 4 is 15.5 Å². The second kappa shape index (κ2) is 5.73. The van der Waals surface area contributed by atoms with Crippen LogP contribution >= 0.6 is 0 Å². The molecule has 2 aromatic rings. The number of sulfone groups is 1. The molecule has 0 radical (unpaired) electrons. The average Bonchev–Trinajstić information content (AvgIpc) is 2.40. The van der Waals surface area contributed by atoms with Gasteiger partial charge in [0.1, 0.15) is 11.6 Å². The maximum Gasteiger partial charge on any atom is 0.175 e. The summed E-state index contributed by atoms with van der Waals surface area (Å²) in [5.41, 5.74) is 1.66. The first kappa shape index (κ1) is 15.3. The summed E-state index contributed by atoms with van der Waals surface area (Å²) in [7, 11) is -3.40. The van der Waals surface area contributed by atoms with Gasteiger partial charge in [0.2, 0.25) is 0 Å². The maximum absolute atomic E-state index is 13.7. The molecule has 2 N–H and O–H groups in total. The van der Waals surface area contributed by atoms with Crippen LogP contribution in [0.3, 0.4) is 0 Å². The first-order valence-electron chi connectivity index (χ1n) is 6.29. The molecule has 21 heavy (non-hydrogen) atoms. The monoisotopic (exact) mass is 309 g/mol. The van der Waals surface area contributed by atoms with E-state index in [1.54, 1.807) is 18.2 Å². The number of benzene rings is 2. The average molecular weight is 309 g/mol. The number of halogens is 1. The van der Waals surface area contributed by atoms with Gasteiger partial charge in [0.15, 0.2) is 9.84 Å². The Morgan fingerprint density at radius 3 is 2.57 bits per heavy atom. The molecule has 6 heteroatoms. The number of hydrogen-bond acceptors (Lipinski definition) is 4. The van der Waals surface area contributed by atoms with Gasteiger partial charge in [-0.3, -0.25) is 0 Å². The number of phenols is 1. The highest BCUT2D eigenvalue weighted by Gasteiger charge is 2.11. The highest BCUT2D eigenvalue weighted by Crippen LogP contribution is 2.23. The van der Waals surface area contributed by atoms with E-state index in [9.17, 15) is 17.9 Å². The van der Waals surface area contributed by atoms with Crippen molar-refractivity contribution in [3.8, 4) is 5.75 Å². The van der Waals surface area contributed by atoms with Crippen LogP contribution in [0.15, 0.2) is 41.3 Å². The molecule has 0 aliphatic rings. The predicted molar refractivity (Wildman–Crippen MR) is 79.7 cm³/mol. The molecular weight excluding hydrogens is 293 g/mol. The topological polar surface area (TPSA) is 66.4 Å². The van der Waals surface area contributed by atoms with E-state index in [2.05, 4.69) is 5.32 Å². The Morgan fingerprint density at radius 2 is 1.90 bits per heavy atom. The van der Waals surface area contributed by atoms with Crippen LogP contribution in [0.1, 0.15) is 11.1 Å². The summed E-state index contributed by atoms with van der Waals surface area (Å²) < 4.78 is 36.7. The highest BCUT2D eigenvalue weighted by atomic mass is 32.2. The zero-order valence-corrected chi connectivity index (χ0v) is 12.5. The number of rotatable bonds is 4. The molecule has 0 saturated heterocycles. The van der Waals surface area contributed by atoms with Crippen LogP contribution in [0.5, 0.6) is 5.75 Å². The number of aryl methyl sites for hydroxylation is 1. The third-order valence-electron chi connectivity index (χ3n) is 3.07. The molecule has 0 unspecified atom stereocenters. The maximum atomic E-state index is 13.7. The van der Waals surface area contributed by atoms with E-state index in [1.165, 1.54) is 12.1 Å². The molecule has 2 rings (SSSR count). The van der Waals surface area contributed by atoms with Crippen molar-refractivity contribution < 1.29 is 17.9 Å². The second-order valence-corrected chi connectivity index (χ2v) is 6.92.